The van der Waals surface area contributed by atoms with Gasteiger partial charge in [0, 0.05) is 0 Å². The largest absolute Gasteiger partial charge is 0.387 e. The first-order valence-corrected chi connectivity index (χ1v) is 4.06. The average molecular weight is 211 g/mol. The van der Waals surface area contributed by atoms with Gasteiger partial charge in [0.25, 0.3) is 0 Å². The fraction of sp³-hybridized carbons (Fsp3) is 1.00. The van der Waals surface area contributed by atoms with Crippen molar-refractivity contribution in [3.63, 3.8) is 0 Å². The standard InChI is InChI=1S/C7H14FNO5/c1-6(14)3(11)2(10)4(12)7(8,9)5(6)13/h2-5,10-14H,9H2,1H3/t2-,3-,4-,5+,6-,7-/m0/s1. The van der Waals surface area contributed by atoms with Gasteiger partial charge >= 0.3 is 0 Å². The number of rotatable bonds is 0. The van der Waals surface area contributed by atoms with Gasteiger partial charge in [-0.25, -0.2) is 4.39 Å². The molecule has 0 bridgehead atoms. The van der Waals surface area contributed by atoms with Gasteiger partial charge in [0.05, 0.1) is 0 Å². The highest BCUT2D eigenvalue weighted by atomic mass is 19.1. The fourth-order valence-corrected chi connectivity index (χ4v) is 1.55. The van der Waals surface area contributed by atoms with E-state index in [2.05, 4.69) is 0 Å². The first kappa shape index (κ1) is 11.8. The number of alkyl halides is 1. The van der Waals surface area contributed by atoms with Gasteiger partial charge in [-0.15, -0.1) is 0 Å². The topological polar surface area (TPSA) is 127 Å². The second kappa shape index (κ2) is 3.09. The molecule has 0 saturated heterocycles. The Bertz CT molecular complexity index is 212. The van der Waals surface area contributed by atoms with Crippen molar-refractivity contribution in [3.05, 3.63) is 0 Å². The van der Waals surface area contributed by atoms with E-state index in [4.69, 9.17) is 15.9 Å². The minimum absolute atomic E-state index is 0.915. The third-order valence-electron chi connectivity index (χ3n) is 2.67. The van der Waals surface area contributed by atoms with E-state index in [-0.39, 0.29) is 0 Å². The van der Waals surface area contributed by atoms with E-state index < -0.39 is 35.8 Å². The van der Waals surface area contributed by atoms with E-state index in [0.29, 0.717) is 0 Å². The molecule has 0 amide bonds. The van der Waals surface area contributed by atoms with E-state index in [1.165, 1.54) is 0 Å². The Morgan fingerprint density at radius 2 is 1.57 bits per heavy atom. The predicted molar refractivity (Wildman–Crippen MR) is 42.7 cm³/mol. The summed E-state index contributed by atoms with van der Waals surface area (Å²) in [7, 11) is 0. The molecular weight excluding hydrogens is 197 g/mol. The molecule has 1 aliphatic rings. The zero-order valence-electron chi connectivity index (χ0n) is 7.50. The third-order valence-corrected chi connectivity index (χ3v) is 2.67. The summed E-state index contributed by atoms with van der Waals surface area (Å²) in [5.41, 5.74) is 2.58. The van der Waals surface area contributed by atoms with Crippen molar-refractivity contribution in [2.75, 3.05) is 0 Å². The summed E-state index contributed by atoms with van der Waals surface area (Å²) in [5, 5.41) is 46.2. The highest BCUT2D eigenvalue weighted by Gasteiger charge is 2.62. The number of hydrogen-bond acceptors (Lipinski definition) is 6. The van der Waals surface area contributed by atoms with Gasteiger partial charge in [-0.2, -0.15) is 0 Å². The monoisotopic (exact) mass is 211 g/mol. The second-order valence-electron chi connectivity index (χ2n) is 3.84. The van der Waals surface area contributed by atoms with Gasteiger partial charge in [-0.05, 0) is 6.92 Å². The Kier molecular flexibility index (Phi) is 2.60. The lowest BCUT2D eigenvalue weighted by Gasteiger charge is -2.49. The van der Waals surface area contributed by atoms with Crippen LogP contribution in [-0.2, 0) is 0 Å². The molecule has 1 saturated carbocycles. The summed E-state index contributed by atoms with van der Waals surface area (Å²) < 4.78 is 13.4. The minimum Gasteiger partial charge on any atom is -0.387 e. The van der Waals surface area contributed by atoms with E-state index in [0.717, 1.165) is 6.92 Å². The van der Waals surface area contributed by atoms with Crippen LogP contribution < -0.4 is 5.73 Å². The van der Waals surface area contributed by atoms with Crippen molar-refractivity contribution in [1.82, 2.24) is 0 Å². The fourth-order valence-electron chi connectivity index (χ4n) is 1.55. The Morgan fingerprint density at radius 3 is 2.00 bits per heavy atom. The smallest absolute Gasteiger partial charge is 0.216 e. The van der Waals surface area contributed by atoms with Crippen LogP contribution in [0.1, 0.15) is 6.92 Å². The van der Waals surface area contributed by atoms with Crippen LogP contribution in [0.25, 0.3) is 0 Å². The van der Waals surface area contributed by atoms with Crippen LogP contribution in [0.15, 0.2) is 0 Å². The van der Waals surface area contributed by atoms with Gasteiger partial charge in [-0.3, -0.25) is 5.73 Å². The minimum atomic E-state index is -3.07. The van der Waals surface area contributed by atoms with E-state index in [1.807, 2.05) is 0 Å². The highest BCUT2D eigenvalue weighted by molar-refractivity contribution is 5.11. The molecule has 0 unspecified atom stereocenters. The molecule has 0 aromatic rings. The number of nitrogens with two attached hydrogens (primary N) is 1. The molecule has 0 radical (unpaired) electrons. The number of aliphatic hydroxyl groups is 5. The maximum Gasteiger partial charge on any atom is 0.216 e. The van der Waals surface area contributed by atoms with Crippen LogP contribution >= 0.6 is 0 Å². The summed E-state index contributed by atoms with van der Waals surface area (Å²) in [6, 6.07) is 0. The quantitative estimate of drug-likeness (QED) is 0.234. The van der Waals surface area contributed by atoms with Crippen LogP contribution in [0.4, 0.5) is 4.39 Å². The van der Waals surface area contributed by atoms with E-state index in [9.17, 15) is 19.7 Å². The van der Waals surface area contributed by atoms with Crippen molar-refractivity contribution in [1.29, 1.82) is 0 Å². The molecule has 7 N–H and O–H groups in total. The molecular formula is C7H14FNO5. The Balaban J connectivity index is 3.09. The van der Waals surface area contributed by atoms with Crippen LogP contribution in [0.2, 0.25) is 0 Å². The molecule has 1 rings (SSSR count). The molecule has 0 aliphatic heterocycles. The lowest BCUT2D eigenvalue weighted by atomic mass is 9.73. The van der Waals surface area contributed by atoms with Gasteiger partial charge in [0.15, 0.2) is 0 Å². The molecule has 0 heterocycles. The molecule has 1 aliphatic carbocycles. The lowest BCUT2D eigenvalue weighted by Crippen LogP contribution is -2.76. The first-order chi connectivity index (χ1) is 6.13. The van der Waals surface area contributed by atoms with Crippen LogP contribution in [0.3, 0.4) is 0 Å². The maximum atomic E-state index is 13.4. The number of aliphatic hydroxyl groups excluding tert-OH is 4. The molecule has 7 heteroatoms. The van der Waals surface area contributed by atoms with Gasteiger partial charge < -0.3 is 25.5 Å². The van der Waals surface area contributed by atoms with Crippen LogP contribution in [0.5, 0.6) is 0 Å². The summed E-state index contributed by atoms with van der Waals surface area (Å²) >= 11 is 0. The van der Waals surface area contributed by atoms with Gasteiger partial charge in [-0.1, -0.05) is 0 Å². The Morgan fingerprint density at radius 1 is 1.14 bits per heavy atom. The zero-order valence-corrected chi connectivity index (χ0v) is 7.50. The molecule has 0 spiro atoms. The molecule has 0 aromatic heterocycles. The SMILES string of the molecule is C[C@@]1(O)[C@@H](O)[C@](N)(F)[C@@H](O)[C@@H](O)[C@@H]1O. The molecule has 6 atom stereocenters. The molecule has 14 heavy (non-hydrogen) atoms. The van der Waals surface area contributed by atoms with E-state index >= 15 is 0 Å². The normalized spacial score (nSPS) is 60.0. The summed E-state index contributed by atoms with van der Waals surface area (Å²) in [4.78, 5) is 0. The molecule has 0 aromatic carbocycles. The van der Waals surface area contributed by atoms with Crippen molar-refractivity contribution in [3.8, 4) is 0 Å². The average Bonchev–Trinajstić information content (AvgIpc) is 2.11. The van der Waals surface area contributed by atoms with Crippen molar-refractivity contribution < 1.29 is 29.9 Å². The molecule has 84 valence electrons. The number of hydrogen-bond donors (Lipinski definition) is 6. The van der Waals surface area contributed by atoms with Crippen molar-refractivity contribution in [2.24, 2.45) is 5.73 Å². The maximum absolute atomic E-state index is 13.4. The lowest BCUT2D eigenvalue weighted by molar-refractivity contribution is -0.278. The Hall–Kier alpha value is -0.310. The van der Waals surface area contributed by atoms with E-state index in [1.54, 1.807) is 0 Å². The summed E-state index contributed by atoms with van der Waals surface area (Å²) in [6.45, 7) is 0.915. The van der Waals surface area contributed by atoms with Crippen molar-refractivity contribution >= 4 is 0 Å². The van der Waals surface area contributed by atoms with Crippen LogP contribution in [-0.4, -0.2) is 61.3 Å². The predicted octanol–water partition coefficient (Wildman–Crippen LogP) is -3.18. The first-order valence-electron chi connectivity index (χ1n) is 4.06. The zero-order chi connectivity index (χ0) is 11.3. The summed E-state index contributed by atoms with van der Waals surface area (Å²) in [5.74, 6) is -3.07. The summed E-state index contributed by atoms with van der Waals surface area (Å²) in [6.07, 6.45) is -8.18. The third kappa shape index (κ3) is 1.33. The van der Waals surface area contributed by atoms with Gasteiger partial charge in [0.2, 0.25) is 5.79 Å². The van der Waals surface area contributed by atoms with Gasteiger partial charge in [0.1, 0.15) is 30.0 Å². The molecule has 1 fully saturated rings. The Labute approximate surface area is 79.4 Å². The second-order valence-corrected chi connectivity index (χ2v) is 3.84. The molecule has 6 nitrogen and oxygen atoms in total. The highest BCUT2D eigenvalue weighted by Crippen LogP contribution is 2.35. The van der Waals surface area contributed by atoms with Crippen LogP contribution in [0, 0.1) is 0 Å². The number of halogens is 1. The van der Waals surface area contributed by atoms with Crippen molar-refractivity contribution in [2.45, 2.75) is 42.7 Å².